The average molecular weight is 263 g/mol. The fraction of sp³-hybridized carbons (Fsp3) is 0.467. The third kappa shape index (κ3) is 3.81. The summed E-state index contributed by atoms with van der Waals surface area (Å²) in [4.78, 5) is 24.3. The molecule has 1 rings (SSSR count). The molecule has 0 atom stereocenters. The van der Waals surface area contributed by atoms with Crippen LogP contribution in [0.4, 0.5) is 0 Å². The van der Waals surface area contributed by atoms with Crippen molar-refractivity contribution in [2.24, 2.45) is 0 Å². The van der Waals surface area contributed by atoms with E-state index in [9.17, 15) is 9.59 Å². The molecule has 0 aromatic heterocycles. The number of carbonyl (C=O) groups is 2. The van der Waals surface area contributed by atoms with Gasteiger partial charge in [0.2, 0.25) is 5.91 Å². The number of rotatable bonds is 5. The average Bonchev–Trinajstić information content (AvgIpc) is 2.34. The van der Waals surface area contributed by atoms with Crippen molar-refractivity contribution in [2.45, 2.75) is 33.7 Å². The molecule has 0 spiro atoms. The van der Waals surface area contributed by atoms with E-state index in [-0.39, 0.29) is 18.1 Å². The second-order valence-electron chi connectivity index (χ2n) is 4.81. The molecule has 1 amide bonds. The van der Waals surface area contributed by atoms with E-state index in [0.717, 1.165) is 22.4 Å². The number of hydrogen-bond donors (Lipinski definition) is 0. The predicted octanol–water partition coefficient (Wildman–Crippen LogP) is 2.25. The van der Waals surface area contributed by atoms with Gasteiger partial charge in [-0.1, -0.05) is 6.07 Å². The largest absolute Gasteiger partial charge is 0.496 e. The van der Waals surface area contributed by atoms with Gasteiger partial charge in [-0.05, 0) is 43.5 Å². The zero-order chi connectivity index (χ0) is 14.6. The van der Waals surface area contributed by atoms with Crippen LogP contribution < -0.4 is 4.74 Å². The van der Waals surface area contributed by atoms with Gasteiger partial charge < -0.3 is 9.64 Å². The van der Waals surface area contributed by atoms with E-state index in [1.165, 1.54) is 6.92 Å². The lowest BCUT2D eigenvalue weighted by Crippen LogP contribution is -2.28. The molecule has 0 aliphatic carbocycles. The lowest BCUT2D eigenvalue weighted by atomic mass is 10.0. The summed E-state index contributed by atoms with van der Waals surface area (Å²) in [6.07, 6.45) is -0.0370. The topological polar surface area (TPSA) is 46.6 Å². The highest BCUT2D eigenvalue weighted by Gasteiger charge is 2.14. The minimum Gasteiger partial charge on any atom is -0.496 e. The van der Waals surface area contributed by atoms with Crippen molar-refractivity contribution in [3.8, 4) is 5.75 Å². The van der Waals surface area contributed by atoms with E-state index in [1.807, 2.05) is 26.0 Å². The molecule has 1 aromatic carbocycles. The van der Waals surface area contributed by atoms with Gasteiger partial charge in [0.25, 0.3) is 0 Å². The summed E-state index contributed by atoms with van der Waals surface area (Å²) in [5, 5.41) is 0. The predicted molar refractivity (Wildman–Crippen MR) is 74.2 cm³/mol. The number of Topliss-reactive ketones (excluding diaryl/α,β-unsaturated/α-hetero) is 1. The van der Waals surface area contributed by atoms with Gasteiger partial charge in [-0.3, -0.25) is 9.59 Å². The monoisotopic (exact) mass is 263 g/mol. The Balaban J connectivity index is 2.85. The SMILES string of the molecule is COc1ccc(CN(C)C(=O)CC(C)=O)c(C)c1C. The van der Waals surface area contributed by atoms with Crippen molar-refractivity contribution in [3.05, 3.63) is 28.8 Å². The van der Waals surface area contributed by atoms with Gasteiger partial charge in [0, 0.05) is 13.6 Å². The van der Waals surface area contributed by atoms with E-state index in [0.29, 0.717) is 6.54 Å². The lowest BCUT2D eigenvalue weighted by molar-refractivity contribution is -0.134. The van der Waals surface area contributed by atoms with E-state index in [2.05, 4.69) is 0 Å². The smallest absolute Gasteiger partial charge is 0.230 e. The zero-order valence-electron chi connectivity index (χ0n) is 12.2. The highest BCUT2D eigenvalue weighted by atomic mass is 16.5. The first-order valence-electron chi connectivity index (χ1n) is 6.23. The number of carbonyl (C=O) groups excluding carboxylic acids is 2. The van der Waals surface area contributed by atoms with Crippen LogP contribution in [0.25, 0.3) is 0 Å². The molecule has 0 aliphatic rings. The van der Waals surface area contributed by atoms with Crippen LogP contribution in [0.2, 0.25) is 0 Å². The minimum absolute atomic E-state index is 0.0370. The molecule has 0 unspecified atom stereocenters. The van der Waals surface area contributed by atoms with E-state index < -0.39 is 0 Å². The molecule has 0 radical (unpaired) electrons. The molecular formula is C15H21NO3. The van der Waals surface area contributed by atoms with Crippen LogP contribution in [-0.2, 0) is 16.1 Å². The molecule has 0 aliphatic heterocycles. The Bertz CT molecular complexity index is 494. The molecule has 0 saturated heterocycles. The second-order valence-corrected chi connectivity index (χ2v) is 4.81. The first-order valence-corrected chi connectivity index (χ1v) is 6.23. The van der Waals surface area contributed by atoms with Crippen LogP contribution in [0.1, 0.15) is 30.0 Å². The number of methoxy groups -OCH3 is 1. The fourth-order valence-electron chi connectivity index (χ4n) is 1.94. The maximum absolute atomic E-state index is 11.8. The molecule has 0 N–H and O–H groups in total. The molecular weight excluding hydrogens is 242 g/mol. The summed E-state index contributed by atoms with van der Waals surface area (Å²) in [6.45, 7) is 5.93. The first kappa shape index (κ1) is 15.2. The summed E-state index contributed by atoms with van der Waals surface area (Å²) in [5.41, 5.74) is 3.26. The van der Waals surface area contributed by atoms with E-state index in [4.69, 9.17) is 4.74 Å². The number of amides is 1. The zero-order valence-corrected chi connectivity index (χ0v) is 12.2. The van der Waals surface area contributed by atoms with Crippen molar-refractivity contribution >= 4 is 11.7 Å². The Morgan fingerprint density at radius 3 is 2.37 bits per heavy atom. The van der Waals surface area contributed by atoms with Gasteiger partial charge in [-0.25, -0.2) is 0 Å². The second kappa shape index (κ2) is 6.36. The summed E-state index contributed by atoms with van der Waals surface area (Å²) in [7, 11) is 3.36. The van der Waals surface area contributed by atoms with Crippen LogP contribution in [-0.4, -0.2) is 30.7 Å². The molecule has 0 saturated carbocycles. The number of ketones is 1. The third-order valence-corrected chi connectivity index (χ3v) is 3.30. The van der Waals surface area contributed by atoms with E-state index >= 15 is 0 Å². The minimum atomic E-state index is -0.152. The molecule has 19 heavy (non-hydrogen) atoms. The maximum atomic E-state index is 11.8. The normalized spacial score (nSPS) is 10.2. The van der Waals surface area contributed by atoms with Gasteiger partial charge in [-0.15, -0.1) is 0 Å². The Labute approximate surface area is 114 Å². The molecule has 1 aromatic rings. The van der Waals surface area contributed by atoms with Gasteiger partial charge in [-0.2, -0.15) is 0 Å². The number of hydrogen-bond acceptors (Lipinski definition) is 3. The summed E-state index contributed by atoms with van der Waals surface area (Å²) < 4.78 is 5.26. The van der Waals surface area contributed by atoms with Gasteiger partial charge in [0.05, 0.1) is 13.5 Å². The quantitative estimate of drug-likeness (QED) is 0.765. The number of ether oxygens (including phenoxy) is 1. The van der Waals surface area contributed by atoms with Crippen LogP contribution in [0.3, 0.4) is 0 Å². The van der Waals surface area contributed by atoms with Crippen molar-refractivity contribution in [3.63, 3.8) is 0 Å². The van der Waals surface area contributed by atoms with E-state index in [1.54, 1.807) is 19.1 Å². The van der Waals surface area contributed by atoms with Crippen molar-refractivity contribution in [2.75, 3.05) is 14.2 Å². The molecule has 0 heterocycles. The van der Waals surface area contributed by atoms with Crippen LogP contribution >= 0.6 is 0 Å². The fourth-order valence-corrected chi connectivity index (χ4v) is 1.94. The van der Waals surface area contributed by atoms with Crippen LogP contribution in [0, 0.1) is 13.8 Å². The van der Waals surface area contributed by atoms with Crippen LogP contribution in [0.15, 0.2) is 12.1 Å². The Morgan fingerprint density at radius 2 is 1.84 bits per heavy atom. The molecule has 0 bridgehead atoms. The Morgan fingerprint density at radius 1 is 1.21 bits per heavy atom. The highest BCUT2D eigenvalue weighted by Crippen LogP contribution is 2.24. The highest BCUT2D eigenvalue weighted by molar-refractivity contribution is 5.96. The maximum Gasteiger partial charge on any atom is 0.230 e. The van der Waals surface area contributed by atoms with Crippen LogP contribution in [0.5, 0.6) is 5.75 Å². The van der Waals surface area contributed by atoms with Crippen molar-refractivity contribution < 1.29 is 14.3 Å². The number of nitrogens with zero attached hydrogens (tertiary/aromatic N) is 1. The molecule has 4 nitrogen and oxygen atoms in total. The molecule has 104 valence electrons. The summed E-state index contributed by atoms with van der Waals surface area (Å²) >= 11 is 0. The Hall–Kier alpha value is -1.84. The van der Waals surface area contributed by atoms with Gasteiger partial charge in [0.1, 0.15) is 11.5 Å². The Kier molecular flexibility index (Phi) is 5.10. The first-order chi connectivity index (χ1) is 8.86. The molecule has 4 heteroatoms. The standard InChI is InChI=1S/C15H21NO3/c1-10(17)8-15(18)16(4)9-13-6-7-14(19-5)12(3)11(13)2/h6-7H,8-9H2,1-5H3. The molecule has 0 fully saturated rings. The lowest BCUT2D eigenvalue weighted by Gasteiger charge is -2.19. The summed E-state index contributed by atoms with van der Waals surface area (Å²) in [5.74, 6) is 0.582. The van der Waals surface area contributed by atoms with Crippen molar-refractivity contribution in [1.82, 2.24) is 4.90 Å². The summed E-state index contributed by atoms with van der Waals surface area (Å²) in [6, 6.07) is 3.86. The number of benzene rings is 1. The third-order valence-electron chi connectivity index (χ3n) is 3.30. The van der Waals surface area contributed by atoms with Gasteiger partial charge in [0.15, 0.2) is 0 Å². The van der Waals surface area contributed by atoms with Crippen molar-refractivity contribution in [1.29, 1.82) is 0 Å². The van der Waals surface area contributed by atoms with Gasteiger partial charge >= 0.3 is 0 Å².